The van der Waals surface area contributed by atoms with E-state index < -0.39 is 11.4 Å². The number of nitrogens with zero attached hydrogens (tertiary/aromatic N) is 2. The van der Waals surface area contributed by atoms with Crippen molar-refractivity contribution in [1.82, 2.24) is 9.88 Å². The van der Waals surface area contributed by atoms with E-state index >= 15 is 0 Å². The van der Waals surface area contributed by atoms with Crippen molar-refractivity contribution in [3.63, 3.8) is 0 Å². The molecule has 22 heavy (non-hydrogen) atoms. The van der Waals surface area contributed by atoms with Gasteiger partial charge in [0, 0.05) is 38.6 Å². The van der Waals surface area contributed by atoms with Crippen LogP contribution < -0.4 is 5.73 Å². The Hall–Kier alpha value is -1.66. The summed E-state index contributed by atoms with van der Waals surface area (Å²) < 4.78 is 5.06. The van der Waals surface area contributed by atoms with Crippen molar-refractivity contribution in [1.29, 1.82) is 0 Å². The van der Waals surface area contributed by atoms with Crippen molar-refractivity contribution in [3.05, 3.63) is 23.9 Å². The van der Waals surface area contributed by atoms with E-state index in [1.165, 1.54) is 0 Å². The molecular weight excluding hydrogens is 282 g/mol. The van der Waals surface area contributed by atoms with E-state index in [0.29, 0.717) is 31.9 Å². The molecule has 0 bridgehead atoms. The van der Waals surface area contributed by atoms with Gasteiger partial charge in [-0.05, 0) is 38.3 Å². The van der Waals surface area contributed by atoms with Crippen molar-refractivity contribution in [3.8, 4) is 0 Å². The van der Waals surface area contributed by atoms with Crippen molar-refractivity contribution < 1.29 is 14.6 Å². The topological polar surface area (TPSA) is 88.7 Å². The van der Waals surface area contributed by atoms with E-state index in [9.17, 15) is 9.90 Å². The number of aromatic nitrogens is 1. The highest BCUT2D eigenvalue weighted by atomic mass is 16.5. The number of piperidine rings is 1. The fourth-order valence-electron chi connectivity index (χ4n) is 3.23. The molecule has 1 aliphatic heterocycles. The fraction of sp³-hybridized carbons (Fsp3) is 0.625. The first-order chi connectivity index (χ1) is 10.6. The third kappa shape index (κ3) is 3.96. The highest BCUT2D eigenvalue weighted by molar-refractivity contribution is 5.75. The highest BCUT2D eigenvalue weighted by Crippen LogP contribution is 2.35. The van der Waals surface area contributed by atoms with Crippen molar-refractivity contribution >= 4 is 11.8 Å². The summed E-state index contributed by atoms with van der Waals surface area (Å²) in [5.74, 6) is -0.180. The predicted octanol–water partition coefficient (Wildman–Crippen LogP) is 1.76. The van der Waals surface area contributed by atoms with Crippen LogP contribution in [0.25, 0.3) is 0 Å². The van der Waals surface area contributed by atoms with Gasteiger partial charge in [0.25, 0.3) is 0 Å². The molecule has 6 heteroatoms. The van der Waals surface area contributed by atoms with Gasteiger partial charge in [-0.2, -0.15) is 0 Å². The first-order valence-electron chi connectivity index (χ1n) is 7.71. The number of likely N-dealkylation sites (tertiary alicyclic amines) is 1. The molecule has 2 heterocycles. The lowest BCUT2D eigenvalue weighted by Crippen LogP contribution is -2.47. The molecule has 0 unspecified atom stereocenters. The summed E-state index contributed by atoms with van der Waals surface area (Å²) in [5.41, 5.74) is 6.18. The Bertz CT molecular complexity index is 509. The van der Waals surface area contributed by atoms with E-state index in [-0.39, 0.29) is 0 Å². The van der Waals surface area contributed by atoms with Gasteiger partial charge in [-0.1, -0.05) is 6.07 Å². The lowest BCUT2D eigenvalue weighted by Gasteiger charge is -2.40. The Morgan fingerprint density at radius 2 is 2.41 bits per heavy atom. The van der Waals surface area contributed by atoms with E-state index in [1.54, 1.807) is 13.3 Å². The summed E-state index contributed by atoms with van der Waals surface area (Å²) in [4.78, 5) is 18.1. The summed E-state index contributed by atoms with van der Waals surface area (Å²) >= 11 is 0. The number of carboxylic acid groups (broad SMARTS) is 1. The molecule has 0 spiro atoms. The van der Waals surface area contributed by atoms with Crippen molar-refractivity contribution in [2.75, 3.05) is 32.5 Å². The maximum Gasteiger partial charge on any atom is 0.310 e. The zero-order valence-electron chi connectivity index (χ0n) is 13.1. The van der Waals surface area contributed by atoms with Crippen molar-refractivity contribution in [2.45, 2.75) is 32.2 Å². The van der Waals surface area contributed by atoms with Gasteiger partial charge in [-0.3, -0.25) is 9.69 Å². The van der Waals surface area contributed by atoms with Crippen LogP contribution in [0.2, 0.25) is 0 Å². The average Bonchev–Trinajstić information content (AvgIpc) is 2.50. The van der Waals surface area contributed by atoms with Crippen LogP contribution in [-0.4, -0.2) is 47.8 Å². The average molecular weight is 307 g/mol. The number of hydrogen-bond acceptors (Lipinski definition) is 5. The van der Waals surface area contributed by atoms with E-state index in [0.717, 1.165) is 31.4 Å². The van der Waals surface area contributed by atoms with E-state index in [2.05, 4.69) is 9.88 Å². The lowest BCUT2D eigenvalue weighted by atomic mass is 9.76. The Morgan fingerprint density at radius 3 is 3.09 bits per heavy atom. The number of carboxylic acids is 1. The Kier molecular flexibility index (Phi) is 5.74. The summed E-state index contributed by atoms with van der Waals surface area (Å²) in [6, 6.07) is 3.81. The number of pyridine rings is 1. The molecular formula is C16H25N3O3. The molecule has 1 atom stereocenters. The first kappa shape index (κ1) is 16.7. The van der Waals surface area contributed by atoms with Gasteiger partial charge in [0.2, 0.25) is 0 Å². The second-order valence-electron chi connectivity index (χ2n) is 6.04. The van der Waals surface area contributed by atoms with Gasteiger partial charge in [0.05, 0.1) is 5.41 Å². The predicted molar refractivity (Wildman–Crippen MR) is 84.3 cm³/mol. The van der Waals surface area contributed by atoms with Crippen LogP contribution in [0.5, 0.6) is 0 Å². The third-order valence-electron chi connectivity index (χ3n) is 4.43. The smallest absolute Gasteiger partial charge is 0.310 e. The molecule has 6 nitrogen and oxygen atoms in total. The lowest BCUT2D eigenvalue weighted by molar-refractivity contribution is -0.153. The summed E-state index contributed by atoms with van der Waals surface area (Å²) in [5, 5.41) is 9.72. The SMILES string of the molecule is COCCC[C@]1(C(=O)O)CCCN(Cc2cccnc2N)C1. The van der Waals surface area contributed by atoms with Gasteiger partial charge >= 0.3 is 5.97 Å². The minimum Gasteiger partial charge on any atom is -0.481 e. The normalized spacial score (nSPS) is 22.6. The van der Waals surface area contributed by atoms with Crippen LogP contribution in [0.4, 0.5) is 5.82 Å². The second kappa shape index (κ2) is 7.56. The molecule has 1 fully saturated rings. The Morgan fingerprint density at radius 1 is 1.59 bits per heavy atom. The number of ether oxygens (including phenoxy) is 1. The van der Waals surface area contributed by atoms with Crippen molar-refractivity contribution in [2.24, 2.45) is 5.41 Å². The van der Waals surface area contributed by atoms with Crippen LogP contribution >= 0.6 is 0 Å². The van der Waals surface area contributed by atoms with Crippen LogP contribution in [0.15, 0.2) is 18.3 Å². The first-order valence-corrected chi connectivity index (χ1v) is 7.71. The number of aliphatic carboxylic acids is 1. The number of nitrogen functional groups attached to an aromatic ring is 1. The molecule has 1 saturated heterocycles. The summed E-state index contributed by atoms with van der Waals surface area (Å²) in [6.45, 7) is 2.71. The second-order valence-corrected chi connectivity index (χ2v) is 6.04. The molecule has 0 saturated carbocycles. The molecule has 3 N–H and O–H groups in total. The molecule has 122 valence electrons. The molecule has 0 aromatic carbocycles. The quantitative estimate of drug-likeness (QED) is 0.746. The number of rotatable bonds is 7. The zero-order valence-corrected chi connectivity index (χ0v) is 13.1. The maximum atomic E-state index is 11.8. The molecule has 0 aliphatic carbocycles. The van der Waals surface area contributed by atoms with Gasteiger partial charge in [-0.25, -0.2) is 4.98 Å². The van der Waals surface area contributed by atoms with Gasteiger partial charge in [0.15, 0.2) is 0 Å². The monoisotopic (exact) mass is 307 g/mol. The van der Waals surface area contributed by atoms with Crippen LogP contribution in [0, 0.1) is 5.41 Å². The fourth-order valence-corrected chi connectivity index (χ4v) is 3.23. The minimum atomic E-state index is -0.701. The highest BCUT2D eigenvalue weighted by Gasteiger charge is 2.41. The molecule has 2 rings (SSSR count). The van der Waals surface area contributed by atoms with Crippen LogP contribution in [0.3, 0.4) is 0 Å². The molecule has 1 aliphatic rings. The largest absolute Gasteiger partial charge is 0.481 e. The van der Waals surface area contributed by atoms with E-state index in [1.807, 2.05) is 12.1 Å². The number of hydrogen-bond donors (Lipinski definition) is 2. The summed E-state index contributed by atoms with van der Waals surface area (Å²) in [6.07, 6.45) is 4.70. The van der Waals surface area contributed by atoms with Crippen LogP contribution in [0.1, 0.15) is 31.2 Å². The van der Waals surface area contributed by atoms with Gasteiger partial charge in [-0.15, -0.1) is 0 Å². The minimum absolute atomic E-state index is 0.522. The molecule has 1 aromatic heterocycles. The van der Waals surface area contributed by atoms with E-state index in [4.69, 9.17) is 10.5 Å². The zero-order chi connectivity index (χ0) is 16.0. The molecule has 0 amide bonds. The van der Waals surface area contributed by atoms with Gasteiger partial charge in [0.1, 0.15) is 5.82 Å². The number of methoxy groups -OCH3 is 1. The maximum absolute atomic E-state index is 11.8. The standard InChI is InChI=1S/C16H25N3O3/c1-22-10-4-7-16(15(20)21)6-3-9-19(12-16)11-13-5-2-8-18-14(13)17/h2,5,8H,3-4,6-7,9-12H2,1H3,(H2,17,18)(H,20,21)/t16-/m1/s1. The number of anilines is 1. The Labute approximate surface area is 131 Å². The van der Waals surface area contributed by atoms with Gasteiger partial charge < -0.3 is 15.6 Å². The summed E-state index contributed by atoms with van der Waals surface area (Å²) in [7, 11) is 1.64. The molecule has 1 aromatic rings. The Balaban J connectivity index is 2.05. The number of nitrogens with two attached hydrogens (primary N) is 1. The number of carbonyl (C=O) groups is 1. The van der Waals surface area contributed by atoms with Crippen LogP contribution in [-0.2, 0) is 16.1 Å². The third-order valence-corrected chi connectivity index (χ3v) is 4.43. The molecule has 0 radical (unpaired) electrons.